The minimum Gasteiger partial charge on any atom is -0.366 e. The van der Waals surface area contributed by atoms with E-state index < -0.39 is 5.91 Å². The molecule has 1 heterocycles. The number of nitrogens with one attached hydrogen (secondary N) is 1. The minimum absolute atomic E-state index is 0.428. The Morgan fingerprint density at radius 3 is 3.17 bits per heavy atom. The number of rotatable bonds is 1. The van der Waals surface area contributed by atoms with Gasteiger partial charge in [-0.1, -0.05) is 0 Å². The van der Waals surface area contributed by atoms with Crippen molar-refractivity contribution in [2.45, 2.75) is 0 Å². The Bertz CT molecular complexity index is 431. The molecule has 0 spiro atoms. The van der Waals surface area contributed by atoms with E-state index in [1.165, 1.54) is 0 Å². The number of fused-ring (bicyclic) bond motifs is 1. The van der Waals surface area contributed by atoms with Crippen LogP contribution in [0.3, 0.4) is 0 Å². The number of hydrogen-bond donors (Lipinski definition) is 2. The quantitative estimate of drug-likeness (QED) is 0.642. The molecule has 0 aliphatic heterocycles. The zero-order valence-corrected chi connectivity index (χ0v) is 6.29. The molecular formula is C9H7N2O. The summed E-state index contributed by atoms with van der Waals surface area (Å²) in [6.07, 6.45) is 1.80. The first-order valence-corrected chi connectivity index (χ1v) is 3.56. The monoisotopic (exact) mass is 159 g/mol. The second-order valence-electron chi connectivity index (χ2n) is 2.56. The average Bonchev–Trinajstić information content (AvgIpc) is 2.49. The van der Waals surface area contributed by atoms with Crippen LogP contribution in [0.25, 0.3) is 10.9 Å². The van der Waals surface area contributed by atoms with E-state index in [4.69, 9.17) is 5.73 Å². The zero-order chi connectivity index (χ0) is 8.55. The third-order valence-corrected chi connectivity index (χ3v) is 1.75. The third kappa shape index (κ3) is 0.955. The Morgan fingerprint density at radius 2 is 2.42 bits per heavy atom. The lowest BCUT2D eigenvalue weighted by Gasteiger charge is -1.93. The van der Waals surface area contributed by atoms with Gasteiger partial charge in [0.05, 0.1) is 0 Å². The number of primary amides is 1. The van der Waals surface area contributed by atoms with Gasteiger partial charge in [-0.15, -0.1) is 0 Å². The molecule has 3 N–H and O–H groups in total. The maximum Gasteiger partial charge on any atom is 0.248 e. The first kappa shape index (κ1) is 6.91. The standard InChI is InChI=1S/C9H7N2O/c10-9(12)7-2-1-6-3-4-11-8(6)5-7/h2-5,11H,(H2,10,12). The summed E-state index contributed by atoms with van der Waals surface area (Å²) in [5, 5.41) is 0.958. The Hall–Kier alpha value is -1.77. The highest BCUT2D eigenvalue weighted by Crippen LogP contribution is 2.12. The van der Waals surface area contributed by atoms with Crippen molar-refractivity contribution in [2.24, 2.45) is 5.73 Å². The Balaban J connectivity index is 2.68. The van der Waals surface area contributed by atoms with Crippen LogP contribution in [0.4, 0.5) is 0 Å². The number of aromatic amines is 1. The lowest BCUT2D eigenvalue weighted by atomic mass is 10.1. The van der Waals surface area contributed by atoms with Crippen LogP contribution < -0.4 is 5.73 Å². The molecule has 0 bridgehead atoms. The number of benzene rings is 1. The van der Waals surface area contributed by atoms with E-state index in [-0.39, 0.29) is 0 Å². The van der Waals surface area contributed by atoms with Crippen LogP contribution in [0, 0.1) is 6.07 Å². The maximum absolute atomic E-state index is 10.8. The molecule has 1 amide bonds. The van der Waals surface area contributed by atoms with Crippen molar-refractivity contribution in [1.29, 1.82) is 0 Å². The number of carbonyl (C=O) groups excluding carboxylic acids is 1. The molecule has 59 valence electrons. The van der Waals surface area contributed by atoms with Gasteiger partial charge in [-0.3, -0.25) is 4.79 Å². The predicted molar refractivity (Wildman–Crippen MR) is 45.7 cm³/mol. The van der Waals surface area contributed by atoms with Crippen molar-refractivity contribution in [3.05, 3.63) is 36.0 Å². The normalized spacial score (nSPS) is 10.3. The maximum atomic E-state index is 10.8. The summed E-state index contributed by atoms with van der Waals surface area (Å²) in [7, 11) is 0. The van der Waals surface area contributed by atoms with E-state index in [0.29, 0.717) is 5.56 Å². The summed E-state index contributed by atoms with van der Waals surface area (Å²) in [5.41, 5.74) is 6.46. The molecule has 2 rings (SSSR count). The van der Waals surface area contributed by atoms with Gasteiger partial charge in [0, 0.05) is 22.7 Å². The highest BCUT2D eigenvalue weighted by atomic mass is 16.1. The van der Waals surface area contributed by atoms with Gasteiger partial charge in [-0.2, -0.15) is 0 Å². The molecule has 0 aliphatic carbocycles. The molecule has 0 unspecified atom stereocenters. The van der Waals surface area contributed by atoms with Crippen molar-refractivity contribution in [3.8, 4) is 0 Å². The van der Waals surface area contributed by atoms with Crippen LogP contribution in [0.15, 0.2) is 24.4 Å². The predicted octanol–water partition coefficient (Wildman–Crippen LogP) is 1.07. The van der Waals surface area contributed by atoms with Crippen LogP contribution in [0.1, 0.15) is 10.4 Å². The highest BCUT2D eigenvalue weighted by molar-refractivity contribution is 5.96. The fourth-order valence-corrected chi connectivity index (χ4v) is 1.12. The molecule has 0 aliphatic rings. The number of nitrogens with two attached hydrogens (primary N) is 1. The Kier molecular flexibility index (Phi) is 1.37. The Morgan fingerprint density at radius 1 is 1.58 bits per heavy atom. The van der Waals surface area contributed by atoms with Crippen molar-refractivity contribution in [2.75, 3.05) is 0 Å². The summed E-state index contributed by atoms with van der Waals surface area (Å²) in [4.78, 5) is 13.7. The lowest BCUT2D eigenvalue weighted by Crippen LogP contribution is -2.10. The van der Waals surface area contributed by atoms with Crippen LogP contribution in [-0.4, -0.2) is 10.9 Å². The second kappa shape index (κ2) is 2.37. The SMILES string of the molecule is NC(=O)c1c[c]c2cc[nH]c2c1. The zero-order valence-electron chi connectivity index (χ0n) is 6.29. The lowest BCUT2D eigenvalue weighted by molar-refractivity contribution is 0.100. The van der Waals surface area contributed by atoms with Gasteiger partial charge in [-0.05, 0) is 24.3 Å². The fourth-order valence-electron chi connectivity index (χ4n) is 1.12. The van der Waals surface area contributed by atoms with E-state index in [0.717, 1.165) is 10.9 Å². The van der Waals surface area contributed by atoms with Crippen LogP contribution >= 0.6 is 0 Å². The van der Waals surface area contributed by atoms with Gasteiger partial charge in [0.15, 0.2) is 0 Å². The van der Waals surface area contributed by atoms with E-state index in [9.17, 15) is 4.79 Å². The molecule has 3 nitrogen and oxygen atoms in total. The molecule has 0 fully saturated rings. The Labute approximate surface area is 69.2 Å². The van der Waals surface area contributed by atoms with Crippen molar-refractivity contribution < 1.29 is 4.79 Å². The first-order valence-electron chi connectivity index (χ1n) is 3.56. The van der Waals surface area contributed by atoms with E-state index >= 15 is 0 Å². The summed E-state index contributed by atoms with van der Waals surface area (Å²) in [6, 6.07) is 8.15. The topological polar surface area (TPSA) is 58.9 Å². The number of hydrogen-bond acceptors (Lipinski definition) is 1. The smallest absolute Gasteiger partial charge is 0.248 e. The summed E-state index contributed by atoms with van der Waals surface area (Å²) in [6.45, 7) is 0. The van der Waals surface area contributed by atoms with Crippen molar-refractivity contribution in [3.63, 3.8) is 0 Å². The summed E-state index contributed by atoms with van der Waals surface area (Å²) < 4.78 is 0. The number of amides is 1. The molecule has 0 atom stereocenters. The molecule has 0 saturated carbocycles. The van der Waals surface area contributed by atoms with Crippen LogP contribution in [0.2, 0.25) is 0 Å². The van der Waals surface area contributed by atoms with Crippen molar-refractivity contribution >= 4 is 16.8 Å². The highest BCUT2D eigenvalue weighted by Gasteiger charge is 2.01. The summed E-state index contributed by atoms with van der Waals surface area (Å²) in [5.74, 6) is -0.428. The molecule has 0 saturated heterocycles. The van der Waals surface area contributed by atoms with Gasteiger partial charge in [0.25, 0.3) is 0 Å². The molecule has 1 aromatic carbocycles. The molecule has 2 aromatic rings. The van der Waals surface area contributed by atoms with E-state index in [1.54, 1.807) is 18.3 Å². The molecule has 3 heteroatoms. The van der Waals surface area contributed by atoms with Gasteiger partial charge in [-0.25, -0.2) is 0 Å². The van der Waals surface area contributed by atoms with Gasteiger partial charge >= 0.3 is 0 Å². The van der Waals surface area contributed by atoms with Gasteiger partial charge in [0.1, 0.15) is 0 Å². The molecule has 1 aromatic heterocycles. The van der Waals surface area contributed by atoms with Crippen LogP contribution in [-0.2, 0) is 0 Å². The largest absolute Gasteiger partial charge is 0.366 e. The average molecular weight is 159 g/mol. The fraction of sp³-hybridized carbons (Fsp3) is 0. The van der Waals surface area contributed by atoms with Crippen LogP contribution in [0.5, 0.6) is 0 Å². The van der Waals surface area contributed by atoms with Gasteiger partial charge in [0.2, 0.25) is 5.91 Å². The van der Waals surface area contributed by atoms with E-state index in [2.05, 4.69) is 11.1 Å². The number of carbonyl (C=O) groups is 1. The van der Waals surface area contributed by atoms with E-state index in [1.807, 2.05) is 6.07 Å². The summed E-state index contributed by atoms with van der Waals surface area (Å²) >= 11 is 0. The molecular weight excluding hydrogens is 152 g/mol. The number of H-pyrrole nitrogens is 1. The second-order valence-corrected chi connectivity index (χ2v) is 2.56. The number of aromatic nitrogens is 1. The minimum atomic E-state index is -0.428. The van der Waals surface area contributed by atoms with Gasteiger partial charge < -0.3 is 10.7 Å². The molecule has 1 radical (unpaired) electrons. The van der Waals surface area contributed by atoms with Crippen molar-refractivity contribution in [1.82, 2.24) is 4.98 Å². The first-order chi connectivity index (χ1) is 5.77. The molecule has 12 heavy (non-hydrogen) atoms. The third-order valence-electron chi connectivity index (χ3n) is 1.75.